The molecule has 2 N–H and O–H groups in total. The van der Waals surface area contributed by atoms with Crippen LogP contribution in [-0.4, -0.2) is 10.9 Å². The smallest absolute Gasteiger partial charge is 0.162 e. The number of aryl methyl sites for hydroxylation is 1. The second kappa shape index (κ2) is 6.27. The highest BCUT2D eigenvalue weighted by Crippen LogP contribution is 2.23. The number of hydrogen-bond acceptors (Lipinski definition) is 3. The average Bonchev–Trinajstić information content (AvgIpc) is 2.43. The van der Waals surface area contributed by atoms with Gasteiger partial charge in [-0.1, -0.05) is 29.8 Å². The van der Waals surface area contributed by atoms with Crippen LogP contribution in [0.5, 0.6) is 5.75 Å². The lowest BCUT2D eigenvalue weighted by Gasteiger charge is -2.13. The maximum atomic E-state index is 12.0. The number of anilines is 1. The lowest BCUT2D eigenvalue weighted by Crippen LogP contribution is -2.06. The number of ketones is 1. The third-order valence-electron chi connectivity index (χ3n) is 3.27. The third kappa shape index (κ3) is 3.72. The van der Waals surface area contributed by atoms with Crippen molar-refractivity contribution in [1.29, 1.82) is 0 Å². The molecule has 0 aliphatic rings. The lowest BCUT2D eigenvalue weighted by atomic mass is 10.0. The summed E-state index contributed by atoms with van der Waals surface area (Å²) < 4.78 is 0. The van der Waals surface area contributed by atoms with Crippen LogP contribution in [0.15, 0.2) is 54.2 Å². The van der Waals surface area contributed by atoms with Gasteiger partial charge in [-0.05, 0) is 50.6 Å². The number of allylic oxidation sites excluding steroid dienone is 2. The zero-order valence-electron chi connectivity index (χ0n) is 12.5. The molecule has 0 heterocycles. The quantitative estimate of drug-likeness (QED) is 0.828. The van der Waals surface area contributed by atoms with E-state index in [2.05, 4.69) is 5.32 Å². The van der Waals surface area contributed by atoms with E-state index >= 15 is 0 Å². The van der Waals surface area contributed by atoms with E-state index in [1.54, 1.807) is 31.2 Å². The summed E-state index contributed by atoms with van der Waals surface area (Å²) in [4.78, 5) is 12.0. The molecule has 2 rings (SSSR count). The molecule has 0 radical (unpaired) electrons. The molecular formula is C18H19NO2. The van der Waals surface area contributed by atoms with Crippen LogP contribution in [0.25, 0.3) is 5.57 Å². The van der Waals surface area contributed by atoms with Crippen LogP contribution in [0, 0.1) is 6.92 Å². The molecule has 2 aromatic carbocycles. The number of hydrogen-bond donors (Lipinski definition) is 2. The zero-order chi connectivity index (χ0) is 15.4. The van der Waals surface area contributed by atoms with Gasteiger partial charge >= 0.3 is 0 Å². The van der Waals surface area contributed by atoms with Gasteiger partial charge in [-0.3, -0.25) is 4.79 Å². The monoisotopic (exact) mass is 281 g/mol. The molecule has 0 aliphatic carbocycles. The Labute approximate surface area is 124 Å². The summed E-state index contributed by atoms with van der Waals surface area (Å²) in [6.07, 6.45) is 0. The summed E-state index contributed by atoms with van der Waals surface area (Å²) >= 11 is 0. The van der Waals surface area contributed by atoms with E-state index in [1.165, 1.54) is 5.56 Å². The van der Waals surface area contributed by atoms with E-state index in [-0.39, 0.29) is 11.5 Å². The van der Waals surface area contributed by atoms with Crippen molar-refractivity contribution < 1.29 is 9.90 Å². The molecule has 0 fully saturated rings. The Morgan fingerprint density at radius 2 is 1.52 bits per heavy atom. The van der Waals surface area contributed by atoms with Crippen molar-refractivity contribution in [2.75, 3.05) is 5.32 Å². The fraction of sp³-hybridized carbons (Fsp3) is 0.167. The normalized spacial score (nSPS) is 11.8. The van der Waals surface area contributed by atoms with Gasteiger partial charge < -0.3 is 10.4 Å². The highest BCUT2D eigenvalue weighted by Gasteiger charge is 2.11. The standard InChI is InChI=1S/C18H19NO2/c1-12-4-8-16(9-5-12)19-13(2)18(14(3)20)15-6-10-17(21)11-7-15/h4-11,19,21H,1-3H3/b18-13+. The van der Waals surface area contributed by atoms with Gasteiger partial charge in [-0.15, -0.1) is 0 Å². The van der Waals surface area contributed by atoms with E-state index in [0.29, 0.717) is 5.57 Å². The molecule has 0 atom stereocenters. The molecular weight excluding hydrogens is 262 g/mol. The molecule has 21 heavy (non-hydrogen) atoms. The maximum Gasteiger partial charge on any atom is 0.162 e. The molecule has 0 amide bonds. The topological polar surface area (TPSA) is 49.3 Å². The van der Waals surface area contributed by atoms with E-state index in [9.17, 15) is 9.90 Å². The summed E-state index contributed by atoms with van der Waals surface area (Å²) in [5.41, 5.74) is 4.33. The zero-order valence-corrected chi connectivity index (χ0v) is 12.5. The first-order valence-electron chi connectivity index (χ1n) is 6.82. The lowest BCUT2D eigenvalue weighted by molar-refractivity contribution is -0.111. The minimum Gasteiger partial charge on any atom is -0.508 e. The Kier molecular flexibility index (Phi) is 4.43. The molecule has 0 spiro atoms. The largest absolute Gasteiger partial charge is 0.508 e. The molecule has 0 unspecified atom stereocenters. The van der Waals surface area contributed by atoms with Crippen LogP contribution in [0.1, 0.15) is 25.0 Å². The first-order valence-corrected chi connectivity index (χ1v) is 6.82. The maximum absolute atomic E-state index is 12.0. The van der Waals surface area contributed by atoms with Crippen molar-refractivity contribution in [3.8, 4) is 5.75 Å². The first-order chi connectivity index (χ1) is 9.97. The van der Waals surface area contributed by atoms with Gasteiger partial charge in [0.05, 0.1) is 0 Å². The second-order valence-corrected chi connectivity index (χ2v) is 5.09. The summed E-state index contributed by atoms with van der Waals surface area (Å²) in [5.74, 6) is 0.170. The molecule has 2 aromatic rings. The Morgan fingerprint density at radius 1 is 0.952 bits per heavy atom. The van der Waals surface area contributed by atoms with Crippen LogP contribution in [0.4, 0.5) is 5.69 Å². The number of Topliss-reactive ketones (excluding diaryl/α,β-unsaturated/α-hetero) is 1. The van der Waals surface area contributed by atoms with Crippen molar-refractivity contribution in [2.24, 2.45) is 0 Å². The minimum atomic E-state index is -0.0159. The first kappa shape index (κ1) is 14.9. The molecule has 0 bridgehead atoms. The molecule has 3 heteroatoms. The van der Waals surface area contributed by atoms with E-state index in [1.807, 2.05) is 38.1 Å². The Hall–Kier alpha value is -2.55. The van der Waals surface area contributed by atoms with Gasteiger partial charge in [0.15, 0.2) is 5.78 Å². The van der Waals surface area contributed by atoms with Crippen LogP contribution in [0.3, 0.4) is 0 Å². The number of phenols is 1. The Bertz CT molecular complexity index is 667. The third-order valence-corrected chi connectivity index (χ3v) is 3.27. The van der Waals surface area contributed by atoms with Crippen LogP contribution in [-0.2, 0) is 4.79 Å². The van der Waals surface area contributed by atoms with Gasteiger partial charge in [0, 0.05) is 17.0 Å². The van der Waals surface area contributed by atoms with Crippen molar-refractivity contribution in [2.45, 2.75) is 20.8 Å². The van der Waals surface area contributed by atoms with E-state index in [0.717, 1.165) is 16.9 Å². The highest BCUT2D eigenvalue weighted by atomic mass is 16.3. The number of phenolic OH excluding ortho intramolecular Hbond substituents is 1. The average molecular weight is 281 g/mol. The van der Waals surface area contributed by atoms with Gasteiger partial charge in [0.2, 0.25) is 0 Å². The summed E-state index contributed by atoms with van der Waals surface area (Å²) in [6.45, 7) is 5.45. The van der Waals surface area contributed by atoms with Gasteiger partial charge in [-0.25, -0.2) is 0 Å². The molecule has 108 valence electrons. The number of benzene rings is 2. The molecule has 0 saturated heterocycles. The van der Waals surface area contributed by atoms with Gasteiger partial charge in [0.25, 0.3) is 0 Å². The predicted molar refractivity (Wildman–Crippen MR) is 86.2 cm³/mol. The van der Waals surface area contributed by atoms with Gasteiger partial charge in [-0.2, -0.15) is 0 Å². The minimum absolute atomic E-state index is 0.0159. The second-order valence-electron chi connectivity index (χ2n) is 5.09. The fourth-order valence-electron chi connectivity index (χ4n) is 2.23. The molecule has 0 saturated carbocycles. The van der Waals surface area contributed by atoms with Gasteiger partial charge in [0.1, 0.15) is 5.75 Å². The molecule has 0 aliphatic heterocycles. The van der Waals surface area contributed by atoms with Crippen molar-refractivity contribution >= 4 is 17.0 Å². The summed E-state index contributed by atoms with van der Waals surface area (Å²) in [5, 5.41) is 12.6. The fourth-order valence-corrected chi connectivity index (χ4v) is 2.23. The number of carbonyl (C=O) groups excluding carboxylic acids is 1. The predicted octanol–water partition coefficient (Wildman–Crippen LogP) is 4.13. The number of rotatable bonds is 4. The van der Waals surface area contributed by atoms with Crippen molar-refractivity contribution in [3.63, 3.8) is 0 Å². The number of carbonyl (C=O) groups is 1. The van der Waals surface area contributed by atoms with E-state index in [4.69, 9.17) is 0 Å². The van der Waals surface area contributed by atoms with Crippen LogP contribution in [0.2, 0.25) is 0 Å². The SMILES string of the molecule is CC(=O)/C(=C(/C)Nc1ccc(C)cc1)c1ccc(O)cc1. The van der Waals surface area contributed by atoms with Crippen molar-refractivity contribution in [3.05, 3.63) is 65.4 Å². The Morgan fingerprint density at radius 3 is 2.05 bits per heavy atom. The number of aromatic hydroxyl groups is 1. The van der Waals surface area contributed by atoms with E-state index < -0.39 is 0 Å². The van der Waals surface area contributed by atoms with Crippen LogP contribution < -0.4 is 5.32 Å². The molecule has 0 aromatic heterocycles. The highest BCUT2D eigenvalue weighted by molar-refractivity contribution is 6.20. The number of nitrogens with one attached hydrogen (secondary N) is 1. The van der Waals surface area contributed by atoms with Crippen molar-refractivity contribution in [1.82, 2.24) is 0 Å². The molecule has 3 nitrogen and oxygen atoms in total. The summed E-state index contributed by atoms with van der Waals surface area (Å²) in [7, 11) is 0. The Balaban J connectivity index is 2.37. The summed E-state index contributed by atoms with van der Waals surface area (Å²) in [6, 6.07) is 14.6. The van der Waals surface area contributed by atoms with Crippen LogP contribution >= 0.6 is 0 Å².